The lowest BCUT2D eigenvalue weighted by Crippen LogP contribution is -1.94. The zero-order valence-corrected chi connectivity index (χ0v) is 18.8. The van der Waals surface area contributed by atoms with Crippen molar-refractivity contribution in [1.29, 1.82) is 0 Å². The van der Waals surface area contributed by atoms with Crippen LogP contribution in [-0.2, 0) is 6.42 Å². The van der Waals surface area contributed by atoms with Crippen molar-refractivity contribution in [2.24, 2.45) is 0 Å². The summed E-state index contributed by atoms with van der Waals surface area (Å²) in [6, 6.07) is 40.4. The van der Waals surface area contributed by atoms with Gasteiger partial charge in [0.1, 0.15) is 0 Å². The molecule has 0 spiro atoms. The van der Waals surface area contributed by atoms with Crippen LogP contribution in [0.3, 0.4) is 0 Å². The maximum atomic E-state index is 2.24. The molecule has 0 heterocycles. The van der Waals surface area contributed by atoms with Crippen LogP contribution in [0.25, 0.3) is 11.1 Å². The molecule has 0 aliphatic rings. The Kier molecular flexibility index (Phi) is 10.2. The Hall–Kier alpha value is -3.12. The number of hydrogen-bond acceptors (Lipinski definition) is 0. The minimum absolute atomic E-state index is 0.484. The van der Waals surface area contributed by atoms with Crippen LogP contribution in [0.5, 0.6) is 0 Å². The first kappa shape index (κ1) is 23.2. The average molecular weight is 395 g/mol. The van der Waals surface area contributed by atoms with Gasteiger partial charge in [-0.15, -0.1) is 0 Å². The minimum Gasteiger partial charge on any atom is -0.0683 e. The van der Waals surface area contributed by atoms with E-state index >= 15 is 0 Å². The van der Waals surface area contributed by atoms with Gasteiger partial charge in [-0.05, 0) is 34.2 Å². The molecule has 0 unspecified atom stereocenters. The molecule has 0 saturated carbocycles. The molecule has 0 heteroatoms. The summed E-state index contributed by atoms with van der Waals surface area (Å²) in [6.45, 7) is 8.42. The van der Waals surface area contributed by atoms with Crippen molar-refractivity contribution in [3.63, 3.8) is 0 Å². The van der Waals surface area contributed by atoms with E-state index in [-0.39, 0.29) is 0 Å². The molecule has 0 saturated heterocycles. The van der Waals surface area contributed by atoms with Crippen molar-refractivity contribution < 1.29 is 0 Å². The smallest absolute Gasteiger partial charge is 0.00610 e. The van der Waals surface area contributed by atoms with E-state index in [9.17, 15) is 0 Å². The summed E-state index contributed by atoms with van der Waals surface area (Å²) in [5.41, 5.74) is 6.72. The van der Waals surface area contributed by atoms with Gasteiger partial charge in [-0.3, -0.25) is 0 Å². The normalized spacial score (nSPS) is 9.77. The highest BCUT2D eigenvalue weighted by atomic mass is 14.1. The van der Waals surface area contributed by atoms with Gasteiger partial charge in [0, 0.05) is 5.92 Å². The van der Waals surface area contributed by atoms with Crippen LogP contribution in [0.2, 0.25) is 0 Å². The standard InChI is InChI=1S/2C14H14.C2H6/c1-12(13-8-4-2-5-9-13)14-10-6-3-7-11-14;1-2-12-8-10-14(11-9-12)13-6-4-3-5-7-13;1-2/h2-12H,1H3;3-11H,2H2,1H3;1-2H3. The monoisotopic (exact) mass is 394 g/mol. The van der Waals surface area contributed by atoms with E-state index in [0.717, 1.165) is 6.42 Å². The quantitative estimate of drug-likeness (QED) is 0.324. The molecular formula is C30H34. The first-order chi connectivity index (χ1) is 14.8. The highest BCUT2D eigenvalue weighted by Gasteiger charge is 2.05. The largest absolute Gasteiger partial charge is 0.0683 e. The molecule has 0 nitrogen and oxygen atoms in total. The Balaban J connectivity index is 0.000000197. The molecule has 0 atom stereocenters. The van der Waals surface area contributed by atoms with Gasteiger partial charge in [0.05, 0.1) is 0 Å². The molecule has 0 aromatic heterocycles. The molecule has 0 radical (unpaired) electrons. The van der Waals surface area contributed by atoms with E-state index in [2.05, 4.69) is 123 Å². The second kappa shape index (κ2) is 13.2. The molecule has 0 amide bonds. The summed E-state index contributed by atoms with van der Waals surface area (Å²) < 4.78 is 0. The Morgan fingerprint density at radius 1 is 0.500 bits per heavy atom. The number of benzene rings is 4. The van der Waals surface area contributed by atoms with E-state index in [1.54, 1.807) is 0 Å². The summed E-state index contributed by atoms with van der Waals surface area (Å²) in [5, 5.41) is 0. The van der Waals surface area contributed by atoms with Gasteiger partial charge in [-0.25, -0.2) is 0 Å². The predicted octanol–water partition coefficient (Wildman–Crippen LogP) is 8.78. The Bertz CT molecular complexity index is 884. The second-order valence-electron chi connectivity index (χ2n) is 6.96. The number of aryl methyl sites for hydroxylation is 1. The third kappa shape index (κ3) is 7.04. The van der Waals surface area contributed by atoms with Gasteiger partial charge in [0.15, 0.2) is 0 Å². The lowest BCUT2D eigenvalue weighted by Gasteiger charge is -2.11. The van der Waals surface area contributed by atoms with Crippen LogP contribution in [0.1, 0.15) is 50.3 Å². The molecule has 4 aromatic rings. The predicted molar refractivity (Wildman–Crippen MR) is 133 cm³/mol. The fraction of sp³-hybridized carbons (Fsp3) is 0.200. The molecular weight excluding hydrogens is 360 g/mol. The van der Waals surface area contributed by atoms with Gasteiger partial charge >= 0.3 is 0 Å². The molecule has 4 aromatic carbocycles. The average Bonchev–Trinajstić information content (AvgIpc) is 2.87. The van der Waals surface area contributed by atoms with Crippen LogP contribution >= 0.6 is 0 Å². The summed E-state index contributed by atoms with van der Waals surface area (Å²) in [4.78, 5) is 0. The van der Waals surface area contributed by atoms with Crippen LogP contribution in [0.4, 0.5) is 0 Å². The highest BCUT2D eigenvalue weighted by molar-refractivity contribution is 5.63. The fourth-order valence-corrected chi connectivity index (χ4v) is 3.24. The highest BCUT2D eigenvalue weighted by Crippen LogP contribution is 2.23. The Labute approximate surface area is 183 Å². The molecule has 4 rings (SSSR count). The third-order valence-electron chi connectivity index (χ3n) is 5.07. The van der Waals surface area contributed by atoms with Crippen molar-refractivity contribution in [2.45, 2.75) is 40.0 Å². The molecule has 0 N–H and O–H groups in total. The topological polar surface area (TPSA) is 0 Å². The molecule has 0 fully saturated rings. The zero-order valence-electron chi connectivity index (χ0n) is 18.8. The first-order valence-corrected chi connectivity index (χ1v) is 11.0. The zero-order chi connectivity index (χ0) is 21.6. The molecule has 154 valence electrons. The molecule has 0 bridgehead atoms. The van der Waals surface area contributed by atoms with E-state index in [0.29, 0.717) is 5.92 Å². The summed E-state index contributed by atoms with van der Waals surface area (Å²) in [6.07, 6.45) is 1.11. The van der Waals surface area contributed by atoms with Crippen LogP contribution < -0.4 is 0 Å². The van der Waals surface area contributed by atoms with Crippen molar-refractivity contribution in [3.8, 4) is 11.1 Å². The van der Waals surface area contributed by atoms with Gasteiger partial charge in [0.25, 0.3) is 0 Å². The van der Waals surface area contributed by atoms with Gasteiger partial charge in [0.2, 0.25) is 0 Å². The Morgan fingerprint density at radius 2 is 0.867 bits per heavy atom. The van der Waals surface area contributed by atoms with E-state index in [1.807, 2.05) is 19.9 Å². The van der Waals surface area contributed by atoms with E-state index in [4.69, 9.17) is 0 Å². The van der Waals surface area contributed by atoms with E-state index < -0.39 is 0 Å². The van der Waals surface area contributed by atoms with Crippen molar-refractivity contribution >= 4 is 0 Å². The van der Waals surface area contributed by atoms with E-state index in [1.165, 1.54) is 27.8 Å². The maximum absolute atomic E-state index is 2.24. The van der Waals surface area contributed by atoms with Crippen LogP contribution in [-0.4, -0.2) is 0 Å². The molecule has 30 heavy (non-hydrogen) atoms. The van der Waals surface area contributed by atoms with Crippen molar-refractivity contribution in [3.05, 3.63) is 132 Å². The van der Waals surface area contributed by atoms with Gasteiger partial charge in [-0.1, -0.05) is 143 Å². The lowest BCUT2D eigenvalue weighted by atomic mass is 9.93. The minimum atomic E-state index is 0.484. The number of rotatable bonds is 4. The van der Waals surface area contributed by atoms with Crippen LogP contribution in [0.15, 0.2) is 115 Å². The molecule has 0 aliphatic carbocycles. The second-order valence-corrected chi connectivity index (χ2v) is 6.96. The number of hydrogen-bond donors (Lipinski definition) is 0. The molecule has 0 aliphatic heterocycles. The van der Waals surface area contributed by atoms with Crippen molar-refractivity contribution in [2.75, 3.05) is 0 Å². The third-order valence-corrected chi connectivity index (χ3v) is 5.07. The van der Waals surface area contributed by atoms with Crippen molar-refractivity contribution in [1.82, 2.24) is 0 Å². The fourth-order valence-electron chi connectivity index (χ4n) is 3.24. The van der Waals surface area contributed by atoms with Gasteiger partial charge < -0.3 is 0 Å². The van der Waals surface area contributed by atoms with Crippen LogP contribution in [0, 0.1) is 0 Å². The first-order valence-electron chi connectivity index (χ1n) is 11.0. The van der Waals surface area contributed by atoms with Gasteiger partial charge in [-0.2, -0.15) is 0 Å². The summed E-state index contributed by atoms with van der Waals surface area (Å²) >= 11 is 0. The Morgan fingerprint density at radius 3 is 1.27 bits per heavy atom. The maximum Gasteiger partial charge on any atom is 0.00610 e. The summed E-state index contributed by atoms with van der Waals surface area (Å²) in [5.74, 6) is 0.484. The SMILES string of the molecule is CC.CC(c1ccccc1)c1ccccc1.CCc1ccc(-c2ccccc2)cc1. The lowest BCUT2D eigenvalue weighted by molar-refractivity contribution is 0.922. The summed E-state index contributed by atoms with van der Waals surface area (Å²) in [7, 11) is 0.